The van der Waals surface area contributed by atoms with Crippen LogP contribution in [0.3, 0.4) is 0 Å². The molecule has 0 amide bonds. The molecule has 20 heavy (non-hydrogen) atoms. The lowest BCUT2D eigenvalue weighted by molar-refractivity contribution is 0.397. The second kappa shape index (κ2) is 8.21. The maximum absolute atomic E-state index is 11.3. The van der Waals surface area contributed by atoms with E-state index in [1.165, 1.54) is 6.26 Å². The van der Waals surface area contributed by atoms with Gasteiger partial charge in [0.2, 0.25) is 5.88 Å². The number of nitrogens with one attached hydrogen (secondary N) is 1. The number of methoxy groups -OCH3 is 1. The van der Waals surface area contributed by atoms with Crippen molar-refractivity contribution in [3.05, 3.63) is 23.9 Å². The highest BCUT2D eigenvalue weighted by molar-refractivity contribution is 7.90. The molecule has 0 aromatic carbocycles. The van der Waals surface area contributed by atoms with E-state index >= 15 is 0 Å². The van der Waals surface area contributed by atoms with Crippen molar-refractivity contribution in [2.75, 3.05) is 25.7 Å². The Morgan fingerprint density at radius 3 is 2.65 bits per heavy atom. The third-order valence-electron chi connectivity index (χ3n) is 3.01. The number of ether oxygens (including phenoxy) is 1. The normalized spacial score (nSPS) is 13.2. The van der Waals surface area contributed by atoms with Gasteiger partial charge in [0, 0.05) is 24.6 Å². The highest BCUT2D eigenvalue weighted by atomic mass is 32.2. The average Bonchev–Trinajstić information content (AvgIpc) is 2.41. The number of pyridine rings is 1. The molecule has 1 aromatic heterocycles. The van der Waals surface area contributed by atoms with Crippen LogP contribution in [0.5, 0.6) is 5.88 Å². The van der Waals surface area contributed by atoms with E-state index in [4.69, 9.17) is 4.74 Å². The van der Waals surface area contributed by atoms with Gasteiger partial charge in [-0.3, -0.25) is 0 Å². The predicted octanol–water partition coefficient (Wildman–Crippen LogP) is 1.44. The van der Waals surface area contributed by atoms with Crippen LogP contribution in [-0.4, -0.2) is 45.1 Å². The Kier molecular flexibility index (Phi) is 6.95. The van der Waals surface area contributed by atoms with Crippen LogP contribution in [-0.2, 0) is 16.3 Å². The maximum atomic E-state index is 11.3. The summed E-state index contributed by atoms with van der Waals surface area (Å²) in [5.74, 6) is 0.792. The number of sulfone groups is 1. The van der Waals surface area contributed by atoms with Crippen molar-refractivity contribution < 1.29 is 13.2 Å². The van der Waals surface area contributed by atoms with Gasteiger partial charge in [0.15, 0.2) is 0 Å². The molecule has 0 bridgehead atoms. The van der Waals surface area contributed by atoms with Crippen molar-refractivity contribution in [3.8, 4) is 5.88 Å². The van der Waals surface area contributed by atoms with Crippen molar-refractivity contribution >= 4 is 9.84 Å². The minimum Gasteiger partial charge on any atom is -0.481 e. The molecule has 114 valence electrons. The van der Waals surface area contributed by atoms with Crippen molar-refractivity contribution in [3.63, 3.8) is 0 Å². The fourth-order valence-electron chi connectivity index (χ4n) is 1.92. The second-order valence-electron chi connectivity index (χ2n) is 4.98. The van der Waals surface area contributed by atoms with Crippen LogP contribution in [0.4, 0.5) is 0 Å². The van der Waals surface area contributed by atoms with Crippen LogP contribution in [0.1, 0.15) is 25.3 Å². The Bertz CT molecular complexity index is 486. The fraction of sp³-hybridized carbons (Fsp3) is 0.643. The minimum atomic E-state index is -2.92. The van der Waals surface area contributed by atoms with Crippen LogP contribution in [0.15, 0.2) is 18.3 Å². The molecule has 1 aromatic rings. The number of rotatable bonds is 9. The first-order valence-corrected chi connectivity index (χ1v) is 8.90. The standard InChI is InChI=1S/C14H24N2O3S/c1-4-8-15-13(7-9-20(3,17)18)10-12-5-6-14(19-2)16-11-12/h5-6,11,13,15H,4,7-10H2,1-3H3. The molecule has 0 saturated carbocycles. The fourth-order valence-corrected chi connectivity index (χ4v) is 2.63. The van der Waals surface area contributed by atoms with Crippen molar-refractivity contribution in [2.45, 2.75) is 32.2 Å². The van der Waals surface area contributed by atoms with Crippen LogP contribution in [0, 0.1) is 0 Å². The van der Waals surface area contributed by atoms with Gasteiger partial charge >= 0.3 is 0 Å². The molecule has 0 saturated heterocycles. The van der Waals surface area contributed by atoms with E-state index in [1.54, 1.807) is 13.3 Å². The van der Waals surface area contributed by atoms with Crippen molar-refractivity contribution in [1.29, 1.82) is 0 Å². The molecule has 0 fully saturated rings. The van der Waals surface area contributed by atoms with Crippen LogP contribution in [0.25, 0.3) is 0 Å². The summed E-state index contributed by atoms with van der Waals surface area (Å²) in [6.45, 7) is 2.98. The Labute approximate surface area is 121 Å². The number of hydrogen-bond donors (Lipinski definition) is 1. The lowest BCUT2D eigenvalue weighted by atomic mass is 10.1. The Morgan fingerprint density at radius 1 is 1.40 bits per heavy atom. The zero-order chi connectivity index (χ0) is 15.0. The summed E-state index contributed by atoms with van der Waals surface area (Å²) in [5, 5.41) is 3.40. The molecule has 0 aliphatic carbocycles. The number of hydrogen-bond acceptors (Lipinski definition) is 5. The topological polar surface area (TPSA) is 68.3 Å². The van der Waals surface area contributed by atoms with Gasteiger partial charge in [0.25, 0.3) is 0 Å². The van der Waals surface area contributed by atoms with E-state index in [1.807, 2.05) is 12.1 Å². The van der Waals surface area contributed by atoms with Crippen LogP contribution >= 0.6 is 0 Å². The number of nitrogens with zero attached hydrogens (tertiary/aromatic N) is 1. The Morgan fingerprint density at radius 2 is 2.15 bits per heavy atom. The largest absolute Gasteiger partial charge is 0.481 e. The van der Waals surface area contributed by atoms with Gasteiger partial charge in [0.1, 0.15) is 9.84 Å². The average molecular weight is 300 g/mol. The van der Waals surface area contributed by atoms with Gasteiger partial charge < -0.3 is 10.1 Å². The van der Waals surface area contributed by atoms with Gasteiger partial charge in [-0.2, -0.15) is 0 Å². The SMILES string of the molecule is CCCNC(CCS(C)(=O)=O)Cc1ccc(OC)nc1. The highest BCUT2D eigenvalue weighted by Crippen LogP contribution is 2.10. The first-order valence-electron chi connectivity index (χ1n) is 6.84. The molecule has 1 rings (SSSR count). The summed E-state index contributed by atoms with van der Waals surface area (Å²) in [4.78, 5) is 4.17. The van der Waals surface area contributed by atoms with E-state index in [9.17, 15) is 8.42 Å². The predicted molar refractivity (Wildman–Crippen MR) is 80.9 cm³/mol. The summed E-state index contributed by atoms with van der Waals surface area (Å²) >= 11 is 0. The van der Waals surface area contributed by atoms with E-state index in [2.05, 4.69) is 17.2 Å². The third-order valence-corrected chi connectivity index (χ3v) is 3.99. The smallest absolute Gasteiger partial charge is 0.212 e. The summed E-state index contributed by atoms with van der Waals surface area (Å²) in [6.07, 6.45) is 5.46. The molecule has 0 spiro atoms. The van der Waals surface area contributed by atoms with E-state index in [0.29, 0.717) is 12.3 Å². The quantitative estimate of drug-likeness (QED) is 0.747. The van der Waals surface area contributed by atoms with Gasteiger partial charge in [-0.1, -0.05) is 13.0 Å². The molecule has 0 aliphatic heterocycles. The Balaban J connectivity index is 2.62. The first kappa shape index (κ1) is 16.9. The number of aromatic nitrogens is 1. The molecular formula is C14H24N2O3S. The van der Waals surface area contributed by atoms with Crippen LogP contribution in [0.2, 0.25) is 0 Å². The van der Waals surface area contributed by atoms with Gasteiger partial charge in [0.05, 0.1) is 12.9 Å². The molecule has 0 aliphatic rings. The van der Waals surface area contributed by atoms with Crippen LogP contribution < -0.4 is 10.1 Å². The molecule has 1 heterocycles. The summed E-state index contributed by atoms with van der Waals surface area (Å²) in [6, 6.07) is 3.94. The van der Waals surface area contributed by atoms with E-state index < -0.39 is 9.84 Å². The molecule has 1 unspecified atom stereocenters. The van der Waals surface area contributed by atoms with E-state index in [0.717, 1.165) is 24.9 Å². The Hall–Kier alpha value is -1.14. The zero-order valence-corrected chi connectivity index (χ0v) is 13.2. The van der Waals surface area contributed by atoms with Gasteiger partial charge in [-0.15, -0.1) is 0 Å². The molecule has 0 radical (unpaired) electrons. The van der Waals surface area contributed by atoms with E-state index in [-0.39, 0.29) is 11.8 Å². The summed E-state index contributed by atoms with van der Waals surface area (Å²) in [7, 11) is -1.34. The third kappa shape index (κ3) is 6.86. The highest BCUT2D eigenvalue weighted by Gasteiger charge is 2.12. The second-order valence-corrected chi connectivity index (χ2v) is 7.24. The molecule has 1 atom stereocenters. The van der Waals surface area contributed by atoms with Crippen molar-refractivity contribution in [2.24, 2.45) is 0 Å². The molecule has 1 N–H and O–H groups in total. The lowest BCUT2D eigenvalue weighted by Crippen LogP contribution is -2.33. The maximum Gasteiger partial charge on any atom is 0.212 e. The molecule has 5 nitrogen and oxygen atoms in total. The first-order chi connectivity index (χ1) is 9.44. The monoisotopic (exact) mass is 300 g/mol. The van der Waals surface area contributed by atoms with Gasteiger partial charge in [-0.25, -0.2) is 13.4 Å². The summed E-state index contributed by atoms with van der Waals surface area (Å²) < 4.78 is 27.6. The molecular weight excluding hydrogens is 276 g/mol. The van der Waals surface area contributed by atoms with Gasteiger partial charge in [-0.05, 0) is 31.4 Å². The lowest BCUT2D eigenvalue weighted by Gasteiger charge is -2.18. The summed E-state index contributed by atoms with van der Waals surface area (Å²) in [5.41, 5.74) is 1.08. The minimum absolute atomic E-state index is 0.153. The van der Waals surface area contributed by atoms with Crippen molar-refractivity contribution in [1.82, 2.24) is 10.3 Å². The zero-order valence-electron chi connectivity index (χ0n) is 12.4. The molecule has 6 heteroatoms.